The molecular formula is C25H19BrN2O3. The number of carbonyl (C=O) groups is 2. The normalized spacial score (nSPS) is 11.2. The summed E-state index contributed by atoms with van der Waals surface area (Å²) in [6.07, 6.45) is 9.18. The molecule has 4 rings (SSSR count). The van der Waals surface area contributed by atoms with Gasteiger partial charge in [0, 0.05) is 28.6 Å². The highest BCUT2D eigenvalue weighted by Crippen LogP contribution is 2.24. The Labute approximate surface area is 188 Å². The van der Waals surface area contributed by atoms with Gasteiger partial charge >= 0.3 is 5.97 Å². The predicted molar refractivity (Wildman–Crippen MR) is 124 cm³/mol. The van der Waals surface area contributed by atoms with Crippen molar-refractivity contribution >= 4 is 45.4 Å². The van der Waals surface area contributed by atoms with Crippen molar-refractivity contribution in [3.8, 4) is 0 Å². The van der Waals surface area contributed by atoms with Gasteiger partial charge in [-0.2, -0.15) is 0 Å². The fraction of sp³-hybridized carbons (Fsp3) is 0.0800. The number of benzene rings is 1. The molecule has 3 aromatic heterocycles. The van der Waals surface area contributed by atoms with Crippen LogP contribution < -0.4 is 0 Å². The molecule has 0 aliphatic heterocycles. The number of pyridine rings is 2. The van der Waals surface area contributed by atoms with Gasteiger partial charge in [0.15, 0.2) is 0 Å². The van der Waals surface area contributed by atoms with Crippen molar-refractivity contribution in [1.29, 1.82) is 0 Å². The van der Waals surface area contributed by atoms with E-state index in [4.69, 9.17) is 4.74 Å². The number of nitrogens with zero attached hydrogens (tertiary/aromatic N) is 2. The van der Waals surface area contributed by atoms with Gasteiger partial charge < -0.3 is 9.14 Å². The molecule has 0 bridgehead atoms. The first-order valence-electron chi connectivity index (χ1n) is 9.77. The summed E-state index contributed by atoms with van der Waals surface area (Å²) in [7, 11) is 0. The van der Waals surface area contributed by atoms with E-state index in [0.29, 0.717) is 22.3 Å². The monoisotopic (exact) mass is 474 g/mol. The number of ether oxygens (including phenoxy) is 1. The van der Waals surface area contributed by atoms with Crippen molar-refractivity contribution in [1.82, 2.24) is 9.38 Å². The second-order valence-corrected chi connectivity index (χ2v) is 7.74. The molecule has 4 aromatic rings. The number of aromatic nitrogens is 2. The van der Waals surface area contributed by atoms with E-state index in [9.17, 15) is 9.59 Å². The Hall–Kier alpha value is -3.51. The van der Waals surface area contributed by atoms with Gasteiger partial charge in [0.05, 0.1) is 23.4 Å². The molecule has 0 atom stereocenters. The maximum atomic E-state index is 13.2. The van der Waals surface area contributed by atoms with Crippen LogP contribution in [0.15, 0.2) is 77.7 Å². The van der Waals surface area contributed by atoms with E-state index in [0.717, 1.165) is 15.6 Å². The first-order valence-corrected chi connectivity index (χ1v) is 10.6. The van der Waals surface area contributed by atoms with E-state index in [1.165, 1.54) is 0 Å². The Morgan fingerprint density at radius 2 is 1.71 bits per heavy atom. The van der Waals surface area contributed by atoms with E-state index in [1.54, 1.807) is 48.1 Å². The third kappa shape index (κ3) is 4.49. The van der Waals surface area contributed by atoms with Crippen molar-refractivity contribution < 1.29 is 14.3 Å². The first-order chi connectivity index (χ1) is 15.1. The second-order valence-electron chi connectivity index (χ2n) is 6.83. The highest BCUT2D eigenvalue weighted by atomic mass is 79.9. The third-order valence-corrected chi connectivity index (χ3v) is 5.33. The molecular weight excluding hydrogens is 456 g/mol. The van der Waals surface area contributed by atoms with Gasteiger partial charge in [-0.25, -0.2) is 4.79 Å². The van der Waals surface area contributed by atoms with E-state index in [1.807, 2.05) is 48.6 Å². The topological polar surface area (TPSA) is 60.7 Å². The van der Waals surface area contributed by atoms with Crippen LogP contribution in [-0.4, -0.2) is 27.7 Å². The zero-order valence-corrected chi connectivity index (χ0v) is 18.4. The van der Waals surface area contributed by atoms with Crippen LogP contribution in [0.2, 0.25) is 0 Å². The highest BCUT2D eigenvalue weighted by molar-refractivity contribution is 9.10. The largest absolute Gasteiger partial charge is 0.462 e. The van der Waals surface area contributed by atoms with Crippen molar-refractivity contribution in [2.75, 3.05) is 6.61 Å². The summed E-state index contributed by atoms with van der Waals surface area (Å²) >= 11 is 3.38. The van der Waals surface area contributed by atoms with Crippen LogP contribution >= 0.6 is 15.9 Å². The van der Waals surface area contributed by atoms with Crippen LogP contribution in [-0.2, 0) is 4.74 Å². The average molecular weight is 475 g/mol. The number of halogens is 1. The Balaban J connectivity index is 1.79. The predicted octanol–water partition coefficient (Wildman–Crippen LogP) is 5.67. The van der Waals surface area contributed by atoms with Crippen molar-refractivity contribution in [2.24, 2.45) is 0 Å². The summed E-state index contributed by atoms with van der Waals surface area (Å²) < 4.78 is 7.85. The van der Waals surface area contributed by atoms with Crippen LogP contribution in [0.5, 0.6) is 0 Å². The summed E-state index contributed by atoms with van der Waals surface area (Å²) in [4.78, 5) is 29.8. The van der Waals surface area contributed by atoms with E-state index in [-0.39, 0.29) is 12.4 Å². The Bertz CT molecular complexity index is 1280. The van der Waals surface area contributed by atoms with Gasteiger partial charge in [-0.05, 0) is 72.6 Å². The minimum absolute atomic E-state index is 0.168. The molecule has 0 N–H and O–H groups in total. The quantitative estimate of drug-likeness (QED) is 0.266. The zero-order valence-electron chi connectivity index (χ0n) is 16.8. The molecule has 0 amide bonds. The number of hydrogen-bond acceptors (Lipinski definition) is 4. The smallest absolute Gasteiger partial charge is 0.340 e. The molecule has 154 valence electrons. The summed E-state index contributed by atoms with van der Waals surface area (Å²) in [5, 5.41) is 0. The van der Waals surface area contributed by atoms with Gasteiger partial charge in [-0.3, -0.25) is 9.78 Å². The van der Waals surface area contributed by atoms with Gasteiger partial charge in [0.25, 0.3) is 0 Å². The van der Waals surface area contributed by atoms with Crippen LogP contribution in [0.25, 0.3) is 17.7 Å². The van der Waals surface area contributed by atoms with Gasteiger partial charge in [0.2, 0.25) is 5.78 Å². The summed E-state index contributed by atoms with van der Waals surface area (Å²) in [5.41, 5.74) is 3.85. The minimum Gasteiger partial charge on any atom is -0.462 e. The lowest BCUT2D eigenvalue weighted by molar-refractivity contribution is 0.0529. The average Bonchev–Trinajstić information content (AvgIpc) is 3.17. The van der Waals surface area contributed by atoms with E-state index < -0.39 is 5.97 Å². The first kappa shape index (κ1) is 20.8. The molecule has 5 nitrogen and oxygen atoms in total. The SMILES string of the molecule is CCOC(=O)c1cc(C(=O)c2ccc(Br)cc2)n2ccc(/C=C/c3ccncc3)cc12. The molecule has 0 fully saturated rings. The molecule has 6 heteroatoms. The van der Waals surface area contributed by atoms with E-state index in [2.05, 4.69) is 20.9 Å². The standard InChI is InChI=1S/C25H19BrN2O3/c1-2-31-25(30)21-16-23(24(29)19-5-7-20(26)8-6-19)28-14-11-18(15-22(21)28)4-3-17-9-12-27-13-10-17/h3-16H,2H2,1H3/b4-3+. The fourth-order valence-electron chi connectivity index (χ4n) is 3.28. The van der Waals surface area contributed by atoms with Gasteiger partial charge in [-0.15, -0.1) is 0 Å². The fourth-order valence-corrected chi connectivity index (χ4v) is 3.55. The van der Waals surface area contributed by atoms with Crippen molar-refractivity contribution in [3.63, 3.8) is 0 Å². The molecule has 0 spiro atoms. The lowest BCUT2D eigenvalue weighted by atomic mass is 10.1. The Morgan fingerprint density at radius 1 is 1.00 bits per heavy atom. The highest BCUT2D eigenvalue weighted by Gasteiger charge is 2.21. The zero-order chi connectivity index (χ0) is 21.8. The van der Waals surface area contributed by atoms with Crippen LogP contribution in [0.4, 0.5) is 0 Å². The van der Waals surface area contributed by atoms with Crippen LogP contribution in [0.1, 0.15) is 44.5 Å². The van der Waals surface area contributed by atoms with Crippen LogP contribution in [0.3, 0.4) is 0 Å². The molecule has 0 aliphatic carbocycles. The van der Waals surface area contributed by atoms with Crippen LogP contribution in [0, 0.1) is 0 Å². The maximum absolute atomic E-state index is 13.2. The Kier molecular flexibility index (Phi) is 6.09. The summed E-state index contributed by atoms with van der Waals surface area (Å²) in [6.45, 7) is 2.01. The number of esters is 1. The number of rotatable bonds is 6. The molecule has 3 heterocycles. The number of fused-ring (bicyclic) bond motifs is 1. The third-order valence-electron chi connectivity index (χ3n) is 4.80. The summed E-state index contributed by atoms with van der Waals surface area (Å²) in [6, 6.07) is 16.3. The van der Waals surface area contributed by atoms with E-state index >= 15 is 0 Å². The van der Waals surface area contributed by atoms with Crippen molar-refractivity contribution in [3.05, 3.63) is 106 Å². The minimum atomic E-state index is -0.454. The molecule has 0 saturated carbocycles. The molecule has 31 heavy (non-hydrogen) atoms. The lowest BCUT2D eigenvalue weighted by Gasteiger charge is -2.05. The second kappa shape index (κ2) is 9.10. The maximum Gasteiger partial charge on any atom is 0.340 e. The molecule has 1 aromatic carbocycles. The molecule has 0 radical (unpaired) electrons. The lowest BCUT2D eigenvalue weighted by Crippen LogP contribution is -2.04. The molecule has 0 unspecified atom stereocenters. The number of hydrogen-bond donors (Lipinski definition) is 0. The van der Waals surface area contributed by atoms with Gasteiger partial charge in [-0.1, -0.05) is 28.1 Å². The molecule has 0 saturated heterocycles. The number of ketones is 1. The Morgan fingerprint density at radius 3 is 2.42 bits per heavy atom. The molecule has 0 aliphatic rings. The summed E-state index contributed by atoms with van der Waals surface area (Å²) in [5.74, 6) is -0.622. The van der Waals surface area contributed by atoms with Gasteiger partial charge in [0.1, 0.15) is 0 Å². The van der Waals surface area contributed by atoms with Crippen molar-refractivity contribution in [2.45, 2.75) is 6.92 Å². The number of carbonyl (C=O) groups excluding carboxylic acids is 2.